The van der Waals surface area contributed by atoms with Gasteiger partial charge in [0.25, 0.3) is 0 Å². The van der Waals surface area contributed by atoms with Crippen molar-refractivity contribution in [2.24, 2.45) is 0 Å². The van der Waals surface area contributed by atoms with E-state index in [4.69, 9.17) is 4.74 Å². The van der Waals surface area contributed by atoms with Gasteiger partial charge in [0.1, 0.15) is 18.2 Å². The van der Waals surface area contributed by atoms with Crippen LogP contribution in [0.5, 0.6) is 5.75 Å². The first kappa shape index (κ1) is 18.3. The summed E-state index contributed by atoms with van der Waals surface area (Å²) in [5, 5.41) is 22.6. The molecule has 0 radical (unpaired) electrons. The van der Waals surface area contributed by atoms with Crippen LogP contribution >= 0.6 is 11.8 Å². The van der Waals surface area contributed by atoms with Crippen LogP contribution in [0.25, 0.3) is 5.69 Å². The Morgan fingerprint density at radius 1 is 1.19 bits per heavy atom. The summed E-state index contributed by atoms with van der Waals surface area (Å²) in [5.41, 5.74) is 3.16. The molecule has 1 heterocycles. The molecule has 0 saturated carbocycles. The van der Waals surface area contributed by atoms with E-state index in [-0.39, 0.29) is 12.4 Å². The van der Waals surface area contributed by atoms with Gasteiger partial charge in [0.2, 0.25) is 5.16 Å². The number of ether oxygens (including phenoxy) is 1. The van der Waals surface area contributed by atoms with Crippen molar-refractivity contribution in [3.63, 3.8) is 0 Å². The lowest BCUT2D eigenvalue weighted by Gasteiger charge is -2.13. The van der Waals surface area contributed by atoms with Crippen molar-refractivity contribution in [3.05, 3.63) is 59.4 Å². The molecule has 0 spiro atoms. The quantitative estimate of drug-likeness (QED) is 0.641. The zero-order chi connectivity index (χ0) is 18.5. The van der Waals surface area contributed by atoms with E-state index < -0.39 is 6.10 Å². The smallest absolute Gasteiger partial charge is 0.214 e. The third kappa shape index (κ3) is 4.39. The average molecular weight is 374 g/mol. The predicted molar refractivity (Wildman–Crippen MR) is 97.3 cm³/mol. The molecule has 1 N–H and O–H groups in total. The Bertz CT molecular complexity index is 870. The highest BCUT2D eigenvalue weighted by molar-refractivity contribution is 7.99. The Hall–Kier alpha value is -2.45. The molecule has 1 atom stereocenters. The van der Waals surface area contributed by atoms with Crippen molar-refractivity contribution in [3.8, 4) is 11.4 Å². The van der Waals surface area contributed by atoms with E-state index in [0.717, 1.165) is 16.8 Å². The minimum Gasteiger partial charge on any atom is -0.491 e. The van der Waals surface area contributed by atoms with E-state index in [1.807, 2.05) is 32.0 Å². The second kappa shape index (κ2) is 8.29. The lowest BCUT2D eigenvalue weighted by atomic mass is 10.1. The van der Waals surface area contributed by atoms with Crippen molar-refractivity contribution in [1.29, 1.82) is 0 Å². The predicted octanol–water partition coefficient (Wildman–Crippen LogP) is 2.95. The standard InChI is InChI=1S/C18H19FN4O2S/c1-12-4-3-5-17(13(12)2)23-18(20-21-22-23)26-11-15(24)10-25-16-8-6-14(19)7-9-16/h3-9,15,24H,10-11H2,1-2H3. The fraction of sp³-hybridized carbons (Fsp3) is 0.278. The first-order valence-electron chi connectivity index (χ1n) is 8.09. The normalized spacial score (nSPS) is 12.2. The van der Waals surface area contributed by atoms with Crippen molar-refractivity contribution in [2.75, 3.05) is 12.4 Å². The Morgan fingerprint density at radius 3 is 2.73 bits per heavy atom. The molecule has 0 bridgehead atoms. The van der Waals surface area contributed by atoms with Crippen LogP contribution in [0.15, 0.2) is 47.6 Å². The number of hydrogen-bond acceptors (Lipinski definition) is 6. The van der Waals surface area contributed by atoms with Gasteiger partial charge in [-0.15, -0.1) is 5.10 Å². The second-order valence-corrected chi connectivity index (χ2v) is 6.81. The number of halogens is 1. The van der Waals surface area contributed by atoms with Crippen molar-refractivity contribution in [1.82, 2.24) is 20.2 Å². The molecule has 0 aliphatic heterocycles. The summed E-state index contributed by atoms with van der Waals surface area (Å²) >= 11 is 1.35. The number of aliphatic hydroxyl groups is 1. The van der Waals surface area contributed by atoms with Gasteiger partial charge in [-0.3, -0.25) is 0 Å². The van der Waals surface area contributed by atoms with Gasteiger partial charge in [-0.1, -0.05) is 23.9 Å². The third-order valence-electron chi connectivity index (χ3n) is 3.91. The minimum atomic E-state index is -0.714. The molecular formula is C18H19FN4O2S. The number of nitrogens with zero attached hydrogens (tertiary/aromatic N) is 4. The lowest BCUT2D eigenvalue weighted by molar-refractivity contribution is 0.126. The molecule has 3 rings (SSSR count). The van der Waals surface area contributed by atoms with E-state index in [2.05, 4.69) is 15.5 Å². The largest absolute Gasteiger partial charge is 0.491 e. The fourth-order valence-electron chi connectivity index (χ4n) is 2.33. The molecule has 0 aliphatic rings. The van der Waals surface area contributed by atoms with Gasteiger partial charge in [0, 0.05) is 5.75 Å². The molecule has 0 saturated heterocycles. The van der Waals surface area contributed by atoms with Crippen LogP contribution in [0.2, 0.25) is 0 Å². The van der Waals surface area contributed by atoms with E-state index >= 15 is 0 Å². The molecule has 26 heavy (non-hydrogen) atoms. The van der Waals surface area contributed by atoms with Gasteiger partial charge in [-0.25, -0.2) is 4.39 Å². The zero-order valence-corrected chi connectivity index (χ0v) is 15.3. The van der Waals surface area contributed by atoms with Crippen LogP contribution in [0, 0.1) is 19.7 Å². The summed E-state index contributed by atoms with van der Waals surface area (Å²) in [5.74, 6) is 0.550. The minimum absolute atomic E-state index is 0.101. The van der Waals surface area contributed by atoms with Gasteiger partial charge >= 0.3 is 0 Å². The van der Waals surface area contributed by atoms with E-state index in [9.17, 15) is 9.50 Å². The molecule has 1 aromatic heterocycles. The SMILES string of the molecule is Cc1cccc(-n2nnnc2SCC(O)COc2ccc(F)cc2)c1C. The highest BCUT2D eigenvalue weighted by Crippen LogP contribution is 2.23. The van der Waals surface area contributed by atoms with Crippen LogP contribution < -0.4 is 4.74 Å². The molecule has 8 heteroatoms. The Labute approximate surface area is 155 Å². The van der Waals surface area contributed by atoms with Crippen molar-refractivity contribution in [2.45, 2.75) is 25.1 Å². The number of benzene rings is 2. The van der Waals surface area contributed by atoms with Crippen LogP contribution in [0.4, 0.5) is 4.39 Å². The summed E-state index contributed by atoms with van der Waals surface area (Å²) < 4.78 is 20.0. The van der Waals surface area contributed by atoms with Gasteiger partial charge in [-0.05, 0) is 65.7 Å². The second-order valence-electron chi connectivity index (χ2n) is 5.82. The Morgan fingerprint density at radius 2 is 1.96 bits per heavy atom. The van der Waals surface area contributed by atoms with E-state index in [1.165, 1.54) is 36.0 Å². The molecular weight excluding hydrogens is 355 g/mol. The molecule has 0 aliphatic carbocycles. The highest BCUT2D eigenvalue weighted by atomic mass is 32.2. The van der Waals surface area contributed by atoms with E-state index in [0.29, 0.717) is 16.7 Å². The molecule has 3 aromatic rings. The molecule has 0 fully saturated rings. The summed E-state index contributed by atoms with van der Waals surface area (Å²) in [6.45, 7) is 4.16. The molecule has 1 unspecified atom stereocenters. The topological polar surface area (TPSA) is 73.1 Å². The number of rotatable bonds is 7. The first-order valence-corrected chi connectivity index (χ1v) is 9.07. The highest BCUT2D eigenvalue weighted by Gasteiger charge is 2.14. The summed E-state index contributed by atoms with van der Waals surface area (Å²) in [6, 6.07) is 11.6. The maximum Gasteiger partial charge on any atom is 0.214 e. The first-order chi connectivity index (χ1) is 12.5. The van der Waals surface area contributed by atoms with Crippen LogP contribution in [0.1, 0.15) is 11.1 Å². The molecule has 6 nitrogen and oxygen atoms in total. The van der Waals surface area contributed by atoms with Crippen LogP contribution in [0.3, 0.4) is 0 Å². The Balaban J connectivity index is 1.59. The van der Waals surface area contributed by atoms with Crippen molar-refractivity contribution < 1.29 is 14.2 Å². The number of hydrogen-bond donors (Lipinski definition) is 1. The van der Waals surface area contributed by atoms with E-state index in [1.54, 1.807) is 4.68 Å². The van der Waals surface area contributed by atoms with Crippen molar-refractivity contribution >= 4 is 11.8 Å². The maximum atomic E-state index is 12.9. The zero-order valence-electron chi connectivity index (χ0n) is 14.5. The molecule has 0 amide bonds. The fourth-order valence-corrected chi connectivity index (χ4v) is 3.12. The molecule has 2 aromatic carbocycles. The van der Waals surface area contributed by atoms with Crippen LogP contribution in [-0.4, -0.2) is 43.8 Å². The number of aryl methyl sites for hydroxylation is 1. The number of aromatic nitrogens is 4. The Kier molecular flexibility index (Phi) is 5.85. The molecule has 136 valence electrons. The van der Waals surface area contributed by atoms with Gasteiger partial charge in [0.15, 0.2) is 0 Å². The average Bonchev–Trinajstić information content (AvgIpc) is 3.10. The summed E-state index contributed by atoms with van der Waals surface area (Å²) in [4.78, 5) is 0. The van der Waals surface area contributed by atoms with Gasteiger partial charge < -0.3 is 9.84 Å². The summed E-state index contributed by atoms with van der Waals surface area (Å²) in [6.07, 6.45) is -0.714. The summed E-state index contributed by atoms with van der Waals surface area (Å²) in [7, 11) is 0. The lowest BCUT2D eigenvalue weighted by Crippen LogP contribution is -2.20. The number of thioether (sulfide) groups is 1. The van der Waals surface area contributed by atoms with Gasteiger partial charge in [-0.2, -0.15) is 4.68 Å². The number of aliphatic hydroxyl groups excluding tert-OH is 1. The maximum absolute atomic E-state index is 12.9. The van der Waals surface area contributed by atoms with Gasteiger partial charge in [0.05, 0.1) is 11.8 Å². The van der Waals surface area contributed by atoms with Crippen LogP contribution in [-0.2, 0) is 0 Å². The number of tetrazole rings is 1. The monoisotopic (exact) mass is 374 g/mol. The third-order valence-corrected chi connectivity index (χ3v) is 4.97.